The number of nitrogens with two attached hydrogens (primary N) is 1. The lowest BCUT2D eigenvalue weighted by Crippen LogP contribution is -2.36. The Morgan fingerprint density at radius 2 is 2.24 bits per heavy atom. The molecule has 7 heteroatoms. The fourth-order valence-corrected chi connectivity index (χ4v) is 2.40. The van der Waals surface area contributed by atoms with Gasteiger partial charge in [-0.05, 0) is 0 Å². The van der Waals surface area contributed by atoms with Gasteiger partial charge in [0.15, 0.2) is 0 Å². The van der Waals surface area contributed by atoms with Crippen molar-refractivity contribution in [1.82, 2.24) is 9.55 Å². The lowest BCUT2D eigenvalue weighted by atomic mass is 10.00. The summed E-state index contributed by atoms with van der Waals surface area (Å²) >= 11 is 12.2. The van der Waals surface area contributed by atoms with Crippen LogP contribution in [0.2, 0.25) is 0 Å². The molecule has 17 heavy (non-hydrogen) atoms. The Balaban J connectivity index is 2.19. The zero-order valence-electron chi connectivity index (χ0n) is 9.01. The summed E-state index contributed by atoms with van der Waals surface area (Å²) in [5.41, 5.74) is 7.33. The van der Waals surface area contributed by atoms with Crippen LogP contribution in [0.5, 0.6) is 0 Å². The van der Waals surface area contributed by atoms with Crippen molar-refractivity contribution in [1.29, 1.82) is 0 Å². The molecule has 0 spiro atoms. The smallest absolute Gasteiger partial charge is 0.322 e. The quantitative estimate of drug-likeness (QED) is 0.794. The predicted molar refractivity (Wildman–Crippen MR) is 64.5 cm³/mol. The normalized spacial score (nSPS) is 25.4. The molecule has 0 fully saturated rings. The van der Waals surface area contributed by atoms with Gasteiger partial charge in [0, 0.05) is 25.1 Å². The maximum Gasteiger partial charge on any atom is 0.322 e. The molecule has 94 valence electrons. The number of halogens is 2. The minimum Gasteiger partial charge on any atom is -0.480 e. The standard InChI is InChI=1S/C10H13Cl2N3O2/c11-5-1-8-9(2-6(5)12)15(4-14-8)3-7(13)10(16)17/h4-7H,1-3,13H2,(H,16,17)/t5?,6?,7-/m1/s1. The van der Waals surface area contributed by atoms with Gasteiger partial charge in [0.05, 0.1) is 22.8 Å². The molecule has 1 heterocycles. The zero-order valence-corrected chi connectivity index (χ0v) is 10.5. The molecule has 2 rings (SSSR count). The zero-order chi connectivity index (χ0) is 12.6. The summed E-state index contributed by atoms with van der Waals surface area (Å²) in [6.07, 6.45) is 2.81. The number of aliphatic carboxylic acids is 1. The van der Waals surface area contributed by atoms with E-state index in [1.54, 1.807) is 10.9 Å². The number of imidazole rings is 1. The molecular weight excluding hydrogens is 265 g/mol. The molecule has 1 aliphatic carbocycles. The Hall–Kier alpha value is -0.780. The second-order valence-electron chi connectivity index (χ2n) is 4.18. The van der Waals surface area contributed by atoms with Crippen LogP contribution in [0.25, 0.3) is 0 Å². The van der Waals surface area contributed by atoms with Gasteiger partial charge in [-0.25, -0.2) is 4.98 Å². The van der Waals surface area contributed by atoms with Crippen molar-refractivity contribution in [2.75, 3.05) is 0 Å². The number of aromatic nitrogens is 2. The van der Waals surface area contributed by atoms with E-state index in [0.717, 1.165) is 11.4 Å². The average molecular weight is 278 g/mol. The minimum absolute atomic E-state index is 0.124. The highest BCUT2D eigenvalue weighted by Gasteiger charge is 2.29. The maximum atomic E-state index is 10.7. The fourth-order valence-electron chi connectivity index (χ4n) is 1.93. The number of fused-ring (bicyclic) bond motifs is 1. The van der Waals surface area contributed by atoms with E-state index in [0.29, 0.717) is 12.8 Å². The number of rotatable bonds is 3. The topological polar surface area (TPSA) is 81.1 Å². The van der Waals surface area contributed by atoms with Crippen LogP contribution >= 0.6 is 23.2 Å². The SMILES string of the molecule is N[C@H](Cn1cnc2c1CC(Cl)C(Cl)C2)C(=O)O. The van der Waals surface area contributed by atoms with Crippen molar-refractivity contribution in [2.24, 2.45) is 5.73 Å². The molecule has 3 atom stereocenters. The predicted octanol–water partition coefficient (Wildman–Crippen LogP) is 0.608. The molecule has 0 amide bonds. The van der Waals surface area contributed by atoms with E-state index in [2.05, 4.69) is 4.98 Å². The molecule has 2 unspecified atom stereocenters. The molecule has 5 nitrogen and oxygen atoms in total. The van der Waals surface area contributed by atoms with Crippen LogP contribution in [-0.2, 0) is 24.2 Å². The van der Waals surface area contributed by atoms with E-state index in [-0.39, 0.29) is 17.3 Å². The van der Waals surface area contributed by atoms with Gasteiger partial charge in [0.25, 0.3) is 0 Å². The van der Waals surface area contributed by atoms with Crippen molar-refractivity contribution in [3.05, 3.63) is 17.7 Å². The minimum atomic E-state index is -1.03. The van der Waals surface area contributed by atoms with Crippen molar-refractivity contribution < 1.29 is 9.90 Å². The van der Waals surface area contributed by atoms with Crippen molar-refractivity contribution in [2.45, 2.75) is 36.2 Å². The van der Waals surface area contributed by atoms with Gasteiger partial charge in [-0.3, -0.25) is 4.79 Å². The second kappa shape index (κ2) is 4.84. The highest BCUT2D eigenvalue weighted by Crippen LogP contribution is 2.27. The van der Waals surface area contributed by atoms with Crippen molar-refractivity contribution >= 4 is 29.2 Å². The molecule has 0 aromatic carbocycles. The van der Waals surface area contributed by atoms with E-state index in [1.807, 2.05) is 0 Å². The first kappa shape index (κ1) is 12.7. The van der Waals surface area contributed by atoms with Gasteiger partial charge in [-0.15, -0.1) is 23.2 Å². The van der Waals surface area contributed by atoms with E-state index in [1.165, 1.54) is 0 Å². The monoisotopic (exact) mass is 277 g/mol. The summed E-state index contributed by atoms with van der Waals surface area (Å²) < 4.78 is 1.76. The highest BCUT2D eigenvalue weighted by atomic mass is 35.5. The summed E-state index contributed by atoms with van der Waals surface area (Å²) in [5, 5.41) is 8.50. The number of hydrogen-bond donors (Lipinski definition) is 2. The van der Waals surface area contributed by atoms with Crippen molar-refractivity contribution in [3.63, 3.8) is 0 Å². The van der Waals surface area contributed by atoms with Crippen molar-refractivity contribution in [3.8, 4) is 0 Å². The Bertz CT molecular complexity index is 435. The summed E-state index contributed by atoms with van der Waals surface area (Å²) in [5.74, 6) is -1.03. The summed E-state index contributed by atoms with van der Waals surface area (Å²) in [4.78, 5) is 14.9. The first-order valence-electron chi connectivity index (χ1n) is 5.28. The van der Waals surface area contributed by atoms with Crippen LogP contribution in [0, 0.1) is 0 Å². The molecule has 0 saturated carbocycles. The van der Waals surface area contributed by atoms with Gasteiger partial charge in [0.2, 0.25) is 0 Å². The second-order valence-corrected chi connectivity index (χ2v) is 5.30. The van der Waals surface area contributed by atoms with E-state index in [9.17, 15) is 4.79 Å². The van der Waals surface area contributed by atoms with Crippen LogP contribution in [0.15, 0.2) is 6.33 Å². The molecule has 0 aliphatic heterocycles. The van der Waals surface area contributed by atoms with Crippen LogP contribution in [-0.4, -0.2) is 37.4 Å². The number of hydrogen-bond acceptors (Lipinski definition) is 3. The third kappa shape index (κ3) is 2.56. The third-order valence-corrected chi connectivity index (χ3v) is 3.96. The average Bonchev–Trinajstić information content (AvgIpc) is 2.62. The number of carboxylic acids is 1. The third-order valence-electron chi connectivity index (χ3n) is 2.91. The lowest BCUT2D eigenvalue weighted by Gasteiger charge is -2.23. The first-order valence-corrected chi connectivity index (χ1v) is 6.15. The first-order chi connectivity index (χ1) is 7.99. The number of carboxylic acid groups (broad SMARTS) is 1. The Morgan fingerprint density at radius 1 is 1.59 bits per heavy atom. The number of carbonyl (C=O) groups is 1. The molecule has 1 aromatic heterocycles. The summed E-state index contributed by atoms with van der Waals surface area (Å²) in [6, 6.07) is -0.934. The van der Waals surface area contributed by atoms with Crippen LogP contribution in [0.4, 0.5) is 0 Å². The van der Waals surface area contributed by atoms with Gasteiger partial charge >= 0.3 is 5.97 Å². The van der Waals surface area contributed by atoms with E-state index >= 15 is 0 Å². The van der Waals surface area contributed by atoms with Crippen LogP contribution in [0.1, 0.15) is 11.4 Å². The Morgan fingerprint density at radius 3 is 2.88 bits per heavy atom. The number of nitrogens with zero attached hydrogens (tertiary/aromatic N) is 2. The summed E-state index contributed by atoms with van der Waals surface area (Å²) in [7, 11) is 0. The Kier molecular flexibility index (Phi) is 3.61. The lowest BCUT2D eigenvalue weighted by molar-refractivity contribution is -0.138. The molecule has 1 aliphatic rings. The fraction of sp³-hybridized carbons (Fsp3) is 0.600. The van der Waals surface area contributed by atoms with Crippen LogP contribution < -0.4 is 5.73 Å². The van der Waals surface area contributed by atoms with Gasteiger partial charge in [-0.1, -0.05) is 0 Å². The molecule has 0 saturated heterocycles. The van der Waals surface area contributed by atoms with Gasteiger partial charge < -0.3 is 15.4 Å². The molecule has 1 aromatic rings. The molecule has 0 radical (unpaired) electrons. The highest BCUT2D eigenvalue weighted by molar-refractivity contribution is 6.30. The number of alkyl halides is 2. The Labute approximate surface area is 109 Å². The summed E-state index contributed by atoms with van der Waals surface area (Å²) in [6.45, 7) is 0.203. The van der Waals surface area contributed by atoms with E-state index < -0.39 is 12.0 Å². The molecule has 0 bridgehead atoms. The van der Waals surface area contributed by atoms with Gasteiger partial charge in [-0.2, -0.15) is 0 Å². The van der Waals surface area contributed by atoms with Gasteiger partial charge in [0.1, 0.15) is 6.04 Å². The largest absolute Gasteiger partial charge is 0.480 e. The molecule has 3 N–H and O–H groups in total. The van der Waals surface area contributed by atoms with E-state index in [4.69, 9.17) is 34.0 Å². The maximum absolute atomic E-state index is 10.7. The van der Waals surface area contributed by atoms with Crippen LogP contribution in [0.3, 0.4) is 0 Å². The molecular formula is C10H13Cl2N3O2.